The summed E-state index contributed by atoms with van der Waals surface area (Å²) in [4.78, 5) is 24.6. The summed E-state index contributed by atoms with van der Waals surface area (Å²) in [5, 5.41) is 6.52. The molecule has 1 aromatic carbocycles. The van der Waals surface area contributed by atoms with Crippen molar-refractivity contribution in [3.05, 3.63) is 36.1 Å². The van der Waals surface area contributed by atoms with E-state index in [1.807, 2.05) is 37.3 Å². The van der Waals surface area contributed by atoms with Gasteiger partial charge in [0.1, 0.15) is 16.8 Å². The SMILES string of the molecule is CNC(=O)C1(C(=O)N[C@@H](C)c2cc3ccccc3o2)CCC1. The first-order chi connectivity index (χ1) is 10.6. The number of amides is 2. The second kappa shape index (κ2) is 5.48. The van der Waals surface area contributed by atoms with Crippen molar-refractivity contribution in [1.29, 1.82) is 0 Å². The normalized spacial score (nSPS) is 17.5. The summed E-state index contributed by atoms with van der Waals surface area (Å²) in [6.07, 6.45) is 2.11. The number of para-hydroxylation sites is 1. The molecule has 0 aliphatic heterocycles. The van der Waals surface area contributed by atoms with E-state index in [4.69, 9.17) is 4.42 Å². The van der Waals surface area contributed by atoms with E-state index < -0.39 is 5.41 Å². The molecule has 1 fully saturated rings. The van der Waals surface area contributed by atoms with E-state index in [9.17, 15) is 9.59 Å². The number of hydrogen-bond donors (Lipinski definition) is 2. The van der Waals surface area contributed by atoms with Gasteiger partial charge in [0.2, 0.25) is 11.8 Å². The molecule has 5 nitrogen and oxygen atoms in total. The highest BCUT2D eigenvalue weighted by Gasteiger charge is 2.50. The van der Waals surface area contributed by atoms with Gasteiger partial charge in [0.25, 0.3) is 0 Å². The molecule has 0 radical (unpaired) electrons. The summed E-state index contributed by atoms with van der Waals surface area (Å²) in [5.41, 5.74) is -0.113. The van der Waals surface area contributed by atoms with E-state index in [1.165, 1.54) is 0 Å². The number of furan rings is 1. The van der Waals surface area contributed by atoms with Crippen LogP contribution in [0.25, 0.3) is 11.0 Å². The second-order valence-electron chi connectivity index (χ2n) is 5.90. The van der Waals surface area contributed by atoms with Gasteiger partial charge in [0, 0.05) is 12.4 Å². The average molecular weight is 300 g/mol. The van der Waals surface area contributed by atoms with Crippen molar-refractivity contribution in [1.82, 2.24) is 10.6 Å². The van der Waals surface area contributed by atoms with E-state index in [0.29, 0.717) is 18.6 Å². The Morgan fingerprint density at radius 2 is 1.95 bits per heavy atom. The lowest BCUT2D eigenvalue weighted by molar-refractivity contribution is -0.149. The minimum Gasteiger partial charge on any atom is -0.459 e. The molecule has 2 amide bonds. The molecule has 1 aliphatic carbocycles. The van der Waals surface area contributed by atoms with Crippen molar-refractivity contribution < 1.29 is 14.0 Å². The maximum atomic E-state index is 12.5. The molecule has 0 bridgehead atoms. The van der Waals surface area contributed by atoms with Crippen LogP contribution >= 0.6 is 0 Å². The lowest BCUT2D eigenvalue weighted by Gasteiger charge is -2.38. The Balaban J connectivity index is 1.77. The predicted octanol–water partition coefficient (Wildman–Crippen LogP) is 2.53. The number of carbonyl (C=O) groups excluding carboxylic acids is 2. The minimum absolute atomic E-state index is 0.201. The molecule has 116 valence electrons. The third kappa shape index (κ3) is 2.26. The van der Waals surface area contributed by atoms with Gasteiger partial charge >= 0.3 is 0 Å². The predicted molar refractivity (Wildman–Crippen MR) is 83.1 cm³/mol. The number of fused-ring (bicyclic) bond motifs is 1. The van der Waals surface area contributed by atoms with Crippen LogP contribution in [-0.4, -0.2) is 18.9 Å². The van der Waals surface area contributed by atoms with Gasteiger partial charge in [-0.25, -0.2) is 0 Å². The van der Waals surface area contributed by atoms with E-state index in [2.05, 4.69) is 10.6 Å². The van der Waals surface area contributed by atoms with Gasteiger partial charge in [-0.3, -0.25) is 9.59 Å². The first-order valence-electron chi connectivity index (χ1n) is 7.58. The smallest absolute Gasteiger partial charge is 0.236 e. The fourth-order valence-electron chi connectivity index (χ4n) is 2.95. The Labute approximate surface area is 129 Å². The number of benzene rings is 1. The lowest BCUT2D eigenvalue weighted by Crippen LogP contribution is -2.55. The van der Waals surface area contributed by atoms with Crippen LogP contribution in [0.2, 0.25) is 0 Å². The number of rotatable bonds is 4. The zero-order valence-corrected chi connectivity index (χ0v) is 12.8. The molecule has 1 heterocycles. The highest BCUT2D eigenvalue weighted by atomic mass is 16.3. The Bertz CT molecular complexity index is 683. The Morgan fingerprint density at radius 3 is 2.55 bits per heavy atom. The average Bonchev–Trinajstić information content (AvgIpc) is 2.89. The molecular weight excluding hydrogens is 280 g/mol. The zero-order valence-electron chi connectivity index (χ0n) is 12.8. The highest BCUT2D eigenvalue weighted by Crippen LogP contribution is 2.42. The van der Waals surface area contributed by atoms with Crippen LogP contribution < -0.4 is 10.6 Å². The second-order valence-corrected chi connectivity index (χ2v) is 5.90. The summed E-state index contributed by atoms with van der Waals surface area (Å²) in [6, 6.07) is 9.36. The Morgan fingerprint density at radius 1 is 1.23 bits per heavy atom. The van der Waals surface area contributed by atoms with Crippen molar-refractivity contribution in [2.75, 3.05) is 7.05 Å². The molecule has 0 saturated heterocycles. The van der Waals surface area contributed by atoms with E-state index >= 15 is 0 Å². The van der Waals surface area contributed by atoms with Crippen molar-refractivity contribution in [2.45, 2.75) is 32.2 Å². The Kier molecular flexibility index (Phi) is 3.64. The molecule has 22 heavy (non-hydrogen) atoms. The summed E-state index contributed by atoms with van der Waals surface area (Å²) in [7, 11) is 1.57. The molecule has 3 rings (SSSR count). The van der Waals surface area contributed by atoms with Gasteiger partial charge < -0.3 is 15.1 Å². The van der Waals surface area contributed by atoms with Gasteiger partial charge in [-0.15, -0.1) is 0 Å². The fourth-order valence-corrected chi connectivity index (χ4v) is 2.95. The van der Waals surface area contributed by atoms with Crippen molar-refractivity contribution in [3.63, 3.8) is 0 Å². The van der Waals surface area contributed by atoms with E-state index in [-0.39, 0.29) is 17.9 Å². The van der Waals surface area contributed by atoms with Gasteiger partial charge in [-0.1, -0.05) is 24.6 Å². The third-order valence-corrected chi connectivity index (χ3v) is 4.52. The molecule has 2 N–H and O–H groups in total. The van der Waals surface area contributed by atoms with Crippen LogP contribution in [0, 0.1) is 5.41 Å². The van der Waals surface area contributed by atoms with Gasteiger partial charge in [-0.05, 0) is 31.9 Å². The molecule has 1 aliphatic rings. The van der Waals surface area contributed by atoms with Gasteiger partial charge in [-0.2, -0.15) is 0 Å². The van der Waals surface area contributed by atoms with Crippen LogP contribution in [0.4, 0.5) is 0 Å². The van der Waals surface area contributed by atoms with Crippen LogP contribution in [-0.2, 0) is 9.59 Å². The van der Waals surface area contributed by atoms with Gasteiger partial charge in [0.05, 0.1) is 6.04 Å². The molecule has 0 unspecified atom stereocenters. The minimum atomic E-state index is -0.908. The largest absolute Gasteiger partial charge is 0.459 e. The fraction of sp³-hybridized carbons (Fsp3) is 0.412. The highest BCUT2D eigenvalue weighted by molar-refractivity contribution is 6.06. The summed E-state index contributed by atoms with van der Waals surface area (Å²) >= 11 is 0. The first kappa shape index (κ1) is 14.6. The molecule has 1 saturated carbocycles. The monoisotopic (exact) mass is 300 g/mol. The topological polar surface area (TPSA) is 71.3 Å². The lowest BCUT2D eigenvalue weighted by atomic mass is 9.67. The maximum Gasteiger partial charge on any atom is 0.236 e. The standard InChI is InChI=1S/C17H20N2O3/c1-11(14-10-12-6-3-4-7-13(12)22-14)19-16(21)17(8-5-9-17)15(20)18-2/h3-4,6-7,10-11H,5,8-9H2,1-2H3,(H,18,20)(H,19,21)/t11-/m0/s1. The van der Waals surface area contributed by atoms with Gasteiger partial charge in [0.15, 0.2) is 0 Å². The molecule has 1 aromatic heterocycles. The van der Waals surface area contributed by atoms with Crippen molar-refractivity contribution in [3.8, 4) is 0 Å². The van der Waals surface area contributed by atoms with E-state index in [0.717, 1.165) is 17.4 Å². The Hall–Kier alpha value is -2.30. The first-order valence-corrected chi connectivity index (χ1v) is 7.58. The molecule has 1 atom stereocenters. The van der Waals surface area contributed by atoms with Crippen molar-refractivity contribution >= 4 is 22.8 Å². The summed E-state index contributed by atoms with van der Waals surface area (Å²) in [6.45, 7) is 1.87. The number of hydrogen-bond acceptors (Lipinski definition) is 3. The number of nitrogens with one attached hydrogen (secondary N) is 2. The third-order valence-electron chi connectivity index (χ3n) is 4.52. The van der Waals surface area contributed by atoms with Crippen LogP contribution in [0.15, 0.2) is 34.7 Å². The number of carbonyl (C=O) groups is 2. The van der Waals surface area contributed by atoms with Crippen LogP contribution in [0.1, 0.15) is 38.0 Å². The van der Waals surface area contributed by atoms with E-state index in [1.54, 1.807) is 7.05 Å². The maximum absolute atomic E-state index is 12.5. The zero-order chi connectivity index (χ0) is 15.7. The molecule has 2 aromatic rings. The van der Waals surface area contributed by atoms with Crippen LogP contribution in [0.5, 0.6) is 0 Å². The molecular formula is C17H20N2O3. The summed E-state index contributed by atoms with van der Waals surface area (Å²) in [5.74, 6) is 0.278. The van der Waals surface area contributed by atoms with Crippen molar-refractivity contribution in [2.24, 2.45) is 5.41 Å². The van der Waals surface area contributed by atoms with Crippen LogP contribution in [0.3, 0.4) is 0 Å². The molecule has 5 heteroatoms. The summed E-state index contributed by atoms with van der Waals surface area (Å²) < 4.78 is 5.77. The quantitative estimate of drug-likeness (QED) is 0.852. The molecule has 0 spiro atoms.